The molecule has 2 N–H and O–H groups in total. The van der Waals surface area contributed by atoms with Crippen LogP contribution < -0.4 is 24.8 Å². The zero-order valence-corrected chi connectivity index (χ0v) is 17.4. The molecule has 10 heteroatoms. The molecule has 29 heavy (non-hydrogen) atoms. The van der Waals surface area contributed by atoms with Gasteiger partial charge in [0, 0.05) is 31.5 Å². The molecule has 2 aromatic carbocycles. The minimum Gasteiger partial charge on any atom is -0.495 e. The van der Waals surface area contributed by atoms with Crippen molar-refractivity contribution in [3.05, 3.63) is 36.4 Å². The van der Waals surface area contributed by atoms with Crippen LogP contribution in [0.3, 0.4) is 0 Å². The van der Waals surface area contributed by atoms with Gasteiger partial charge in [0.2, 0.25) is 22.7 Å². The third kappa shape index (κ3) is 4.38. The summed E-state index contributed by atoms with van der Waals surface area (Å²) in [5, 5.41) is 5.80. The van der Waals surface area contributed by atoms with E-state index in [1.54, 1.807) is 37.3 Å². The van der Waals surface area contributed by atoms with Crippen LogP contribution in [0.5, 0.6) is 17.2 Å². The quantitative estimate of drug-likeness (QED) is 0.705. The minimum absolute atomic E-state index is 0.0124. The van der Waals surface area contributed by atoms with E-state index in [4.69, 9.17) is 14.2 Å². The molecule has 0 saturated carbocycles. The van der Waals surface area contributed by atoms with Gasteiger partial charge in [0.1, 0.15) is 16.7 Å². The summed E-state index contributed by atoms with van der Waals surface area (Å²) < 4.78 is 41.9. The van der Waals surface area contributed by atoms with Crippen LogP contribution in [0.15, 0.2) is 41.3 Å². The van der Waals surface area contributed by atoms with Crippen molar-refractivity contribution in [2.45, 2.75) is 17.9 Å². The zero-order valence-electron chi connectivity index (χ0n) is 16.6. The number of nitrogens with zero attached hydrogens (tertiary/aromatic N) is 1. The molecule has 1 unspecified atom stereocenters. The van der Waals surface area contributed by atoms with E-state index in [2.05, 4.69) is 10.6 Å². The predicted octanol–water partition coefficient (Wildman–Crippen LogP) is 2.11. The van der Waals surface area contributed by atoms with E-state index in [1.807, 2.05) is 0 Å². The van der Waals surface area contributed by atoms with E-state index >= 15 is 0 Å². The Bertz CT molecular complexity index is 1020. The number of ether oxygens (including phenoxy) is 3. The number of hydrogen-bond acceptors (Lipinski definition) is 7. The molecule has 2 aromatic rings. The average molecular weight is 421 g/mol. The van der Waals surface area contributed by atoms with Crippen molar-refractivity contribution in [3.8, 4) is 17.2 Å². The molecule has 1 aliphatic heterocycles. The molecule has 1 aliphatic rings. The number of carbonyl (C=O) groups is 1. The van der Waals surface area contributed by atoms with Crippen LogP contribution in [0, 0.1) is 0 Å². The highest BCUT2D eigenvalue weighted by atomic mass is 32.2. The van der Waals surface area contributed by atoms with Gasteiger partial charge in [0.05, 0.1) is 7.11 Å². The molecule has 3 rings (SSSR count). The Morgan fingerprint density at radius 1 is 1.10 bits per heavy atom. The van der Waals surface area contributed by atoms with Crippen LogP contribution >= 0.6 is 0 Å². The molecule has 0 radical (unpaired) electrons. The maximum Gasteiger partial charge on any atom is 0.246 e. The van der Waals surface area contributed by atoms with Gasteiger partial charge in [-0.05, 0) is 37.3 Å². The molecular formula is C19H23N3O6S. The molecule has 0 spiro atoms. The topological polar surface area (TPSA) is 106 Å². The smallest absolute Gasteiger partial charge is 0.246 e. The first kappa shape index (κ1) is 20.7. The monoisotopic (exact) mass is 421 g/mol. The summed E-state index contributed by atoms with van der Waals surface area (Å²) in [4.78, 5) is 12.5. The first-order valence-electron chi connectivity index (χ1n) is 8.80. The van der Waals surface area contributed by atoms with Crippen molar-refractivity contribution >= 4 is 27.3 Å². The Balaban J connectivity index is 1.74. The molecule has 1 atom stereocenters. The number of anilines is 2. The van der Waals surface area contributed by atoms with Gasteiger partial charge in [-0.25, -0.2) is 12.7 Å². The zero-order chi connectivity index (χ0) is 21.2. The molecule has 0 fully saturated rings. The lowest BCUT2D eigenvalue weighted by atomic mass is 10.2. The van der Waals surface area contributed by atoms with Gasteiger partial charge >= 0.3 is 0 Å². The SMILES string of the molecule is COc1ccc(NC(C)C(=O)Nc2ccc3c(c2)OCO3)cc1S(=O)(=O)N(C)C. The number of methoxy groups -OCH3 is 1. The number of benzene rings is 2. The van der Waals surface area contributed by atoms with Crippen molar-refractivity contribution in [2.75, 3.05) is 38.6 Å². The second-order valence-electron chi connectivity index (χ2n) is 6.58. The molecule has 0 saturated heterocycles. The second kappa shape index (κ2) is 8.18. The van der Waals surface area contributed by atoms with Crippen LogP contribution in [0.1, 0.15) is 6.92 Å². The summed E-state index contributed by atoms with van der Waals surface area (Å²) >= 11 is 0. The number of nitrogens with one attached hydrogen (secondary N) is 2. The summed E-state index contributed by atoms with van der Waals surface area (Å²) in [7, 11) is 0.572. The summed E-state index contributed by atoms with van der Waals surface area (Å²) in [6.07, 6.45) is 0. The lowest BCUT2D eigenvalue weighted by Gasteiger charge is -2.18. The summed E-state index contributed by atoms with van der Waals surface area (Å²) in [6, 6.07) is 9.12. The van der Waals surface area contributed by atoms with E-state index in [-0.39, 0.29) is 23.3 Å². The number of hydrogen-bond donors (Lipinski definition) is 2. The second-order valence-corrected chi connectivity index (χ2v) is 8.70. The fourth-order valence-corrected chi connectivity index (χ4v) is 3.78. The number of fused-ring (bicyclic) bond motifs is 1. The van der Waals surface area contributed by atoms with Crippen LogP contribution in [0.2, 0.25) is 0 Å². The maximum atomic E-state index is 12.5. The third-order valence-electron chi connectivity index (χ3n) is 4.34. The molecular weight excluding hydrogens is 398 g/mol. The van der Waals surface area contributed by atoms with Gasteiger partial charge in [-0.1, -0.05) is 0 Å². The van der Waals surface area contributed by atoms with Crippen molar-refractivity contribution < 1.29 is 27.4 Å². The fourth-order valence-electron chi connectivity index (χ4n) is 2.71. The van der Waals surface area contributed by atoms with Gasteiger partial charge in [0.25, 0.3) is 0 Å². The lowest BCUT2D eigenvalue weighted by molar-refractivity contribution is -0.116. The third-order valence-corrected chi connectivity index (χ3v) is 6.18. The average Bonchev–Trinajstić information content (AvgIpc) is 3.15. The highest BCUT2D eigenvalue weighted by molar-refractivity contribution is 7.89. The van der Waals surface area contributed by atoms with Crippen molar-refractivity contribution in [2.24, 2.45) is 0 Å². The Morgan fingerprint density at radius 2 is 1.79 bits per heavy atom. The maximum absolute atomic E-state index is 12.5. The first-order valence-corrected chi connectivity index (χ1v) is 10.2. The standard InChI is InChI=1S/C19H23N3O6S/c1-12(19(23)21-13-5-7-15-17(9-13)28-11-27-15)20-14-6-8-16(26-4)18(10-14)29(24,25)22(2)3/h5-10,12,20H,11H2,1-4H3,(H,21,23). The lowest BCUT2D eigenvalue weighted by Crippen LogP contribution is -2.32. The summed E-state index contributed by atoms with van der Waals surface area (Å²) in [5.41, 5.74) is 1.04. The van der Waals surface area contributed by atoms with Crippen molar-refractivity contribution in [1.82, 2.24) is 4.31 Å². The van der Waals surface area contributed by atoms with Crippen LogP contribution in [0.25, 0.3) is 0 Å². The Kier molecular flexibility index (Phi) is 5.85. The van der Waals surface area contributed by atoms with Crippen LogP contribution in [-0.4, -0.2) is 52.7 Å². The number of sulfonamides is 1. The van der Waals surface area contributed by atoms with Gasteiger partial charge in [-0.2, -0.15) is 0 Å². The van der Waals surface area contributed by atoms with Gasteiger partial charge < -0.3 is 24.8 Å². The Labute approximate surface area is 169 Å². The molecule has 156 valence electrons. The largest absolute Gasteiger partial charge is 0.495 e. The van der Waals surface area contributed by atoms with E-state index in [1.165, 1.54) is 27.3 Å². The van der Waals surface area contributed by atoms with Crippen LogP contribution in [-0.2, 0) is 14.8 Å². The molecule has 9 nitrogen and oxygen atoms in total. The number of carbonyl (C=O) groups excluding carboxylic acids is 1. The minimum atomic E-state index is -3.71. The first-order chi connectivity index (χ1) is 13.7. The highest BCUT2D eigenvalue weighted by Crippen LogP contribution is 2.34. The molecule has 0 aliphatic carbocycles. The summed E-state index contributed by atoms with van der Waals surface area (Å²) in [5.74, 6) is 1.12. The van der Waals surface area contributed by atoms with E-state index in [0.29, 0.717) is 22.9 Å². The number of amides is 1. The molecule has 0 bridgehead atoms. The van der Waals surface area contributed by atoms with Crippen molar-refractivity contribution in [3.63, 3.8) is 0 Å². The van der Waals surface area contributed by atoms with Gasteiger partial charge in [-0.15, -0.1) is 0 Å². The van der Waals surface area contributed by atoms with Gasteiger partial charge in [0.15, 0.2) is 11.5 Å². The molecule has 1 amide bonds. The van der Waals surface area contributed by atoms with E-state index < -0.39 is 16.1 Å². The molecule has 1 heterocycles. The van der Waals surface area contributed by atoms with Gasteiger partial charge in [-0.3, -0.25) is 4.79 Å². The molecule has 0 aromatic heterocycles. The Morgan fingerprint density at radius 3 is 2.48 bits per heavy atom. The summed E-state index contributed by atoms with van der Waals surface area (Å²) in [6.45, 7) is 1.83. The number of rotatable bonds is 7. The highest BCUT2D eigenvalue weighted by Gasteiger charge is 2.23. The Hall–Kier alpha value is -2.98. The predicted molar refractivity (Wildman–Crippen MR) is 108 cm³/mol. The van der Waals surface area contributed by atoms with E-state index in [0.717, 1.165) is 4.31 Å². The fraction of sp³-hybridized carbons (Fsp3) is 0.316. The van der Waals surface area contributed by atoms with E-state index in [9.17, 15) is 13.2 Å². The normalized spacial score (nSPS) is 13.8. The van der Waals surface area contributed by atoms with Crippen LogP contribution in [0.4, 0.5) is 11.4 Å². The van der Waals surface area contributed by atoms with Crippen molar-refractivity contribution in [1.29, 1.82) is 0 Å².